The maximum absolute atomic E-state index is 5.87. The van der Waals surface area contributed by atoms with E-state index < -0.39 is 0 Å². The van der Waals surface area contributed by atoms with Crippen molar-refractivity contribution in [3.63, 3.8) is 0 Å². The van der Waals surface area contributed by atoms with Crippen molar-refractivity contribution in [2.24, 2.45) is 5.73 Å². The fourth-order valence-corrected chi connectivity index (χ4v) is 2.48. The van der Waals surface area contributed by atoms with Gasteiger partial charge in [-0.05, 0) is 25.7 Å². The Bertz CT molecular complexity index is 198. The van der Waals surface area contributed by atoms with Crippen LogP contribution in [0.25, 0.3) is 0 Å². The van der Waals surface area contributed by atoms with Crippen molar-refractivity contribution in [2.75, 3.05) is 0 Å². The van der Waals surface area contributed by atoms with Crippen LogP contribution in [0.4, 0.5) is 0 Å². The van der Waals surface area contributed by atoms with Crippen molar-refractivity contribution in [1.29, 1.82) is 0 Å². The van der Waals surface area contributed by atoms with Crippen LogP contribution in [0.3, 0.4) is 0 Å². The first kappa shape index (κ1) is 19.7. The van der Waals surface area contributed by atoms with Gasteiger partial charge in [-0.1, -0.05) is 90.2 Å². The minimum atomic E-state index is 0.364. The van der Waals surface area contributed by atoms with Gasteiger partial charge in [0.15, 0.2) is 0 Å². The topological polar surface area (TPSA) is 26.0 Å². The third-order valence-corrected chi connectivity index (χ3v) is 4.10. The molecular weight excluding hydrogens is 242 g/mol. The molecule has 0 aromatic rings. The van der Waals surface area contributed by atoms with Gasteiger partial charge in [0.1, 0.15) is 0 Å². The molecule has 0 heterocycles. The van der Waals surface area contributed by atoms with E-state index >= 15 is 0 Å². The van der Waals surface area contributed by atoms with E-state index in [4.69, 9.17) is 5.73 Å². The summed E-state index contributed by atoms with van der Waals surface area (Å²) in [5.41, 5.74) is 5.87. The molecule has 1 atom stereocenters. The summed E-state index contributed by atoms with van der Waals surface area (Å²) in [6.45, 7) is 4.44. The van der Waals surface area contributed by atoms with Gasteiger partial charge in [0.2, 0.25) is 0 Å². The van der Waals surface area contributed by atoms with Crippen molar-refractivity contribution in [1.82, 2.24) is 0 Å². The standard InChI is InChI=1S/C19H39N/c1-3-5-6-7-8-9-10-11-12-13-14-15-16-17-18-19(20)4-2/h16-17,19H,3-15,18,20H2,1-2H3/b17-16+/t19-/m0/s1. The van der Waals surface area contributed by atoms with Crippen molar-refractivity contribution in [2.45, 2.75) is 110 Å². The van der Waals surface area contributed by atoms with Crippen LogP contribution in [0.15, 0.2) is 12.2 Å². The molecule has 1 nitrogen and oxygen atoms in total. The Morgan fingerprint density at radius 1 is 0.700 bits per heavy atom. The predicted molar refractivity (Wildman–Crippen MR) is 93.1 cm³/mol. The third kappa shape index (κ3) is 15.8. The Morgan fingerprint density at radius 2 is 1.20 bits per heavy atom. The van der Waals surface area contributed by atoms with E-state index in [9.17, 15) is 0 Å². The van der Waals surface area contributed by atoms with Gasteiger partial charge in [0.25, 0.3) is 0 Å². The van der Waals surface area contributed by atoms with Crippen molar-refractivity contribution in [3.05, 3.63) is 12.2 Å². The van der Waals surface area contributed by atoms with Gasteiger partial charge < -0.3 is 5.73 Å². The zero-order chi connectivity index (χ0) is 14.9. The molecule has 0 unspecified atom stereocenters. The van der Waals surface area contributed by atoms with Crippen LogP contribution >= 0.6 is 0 Å². The van der Waals surface area contributed by atoms with E-state index in [-0.39, 0.29) is 0 Å². The van der Waals surface area contributed by atoms with E-state index in [2.05, 4.69) is 26.0 Å². The molecule has 120 valence electrons. The molecule has 0 aromatic heterocycles. The highest BCUT2D eigenvalue weighted by Crippen LogP contribution is 2.12. The van der Waals surface area contributed by atoms with Gasteiger partial charge in [-0.3, -0.25) is 0 Å². The SMILES string of the molecule is CCCCCCCCCCCCC/C=C/C[C@@H](N)CC. The van der Waals surface area contributed by atoms with Gasteiger partial charge in [0, 0.05) is 6.04 Å². The molecule has 0 spiro atoms. The molecule has 0 aromatic carbocycles. The van der Waals surface area contributed by atoms with Crippen LogP contribution in [0.2, 0.25) is 0 Å². The number of nitrogens with two attached hydrogens (primary N) is 1. The van der Waals surface area contributed by atoms with Gasteiger partial charge in [-0.2, -0.15) is 0 Å². The second-order valence-electron chi connectivity index (χ2n) is 6.20. The Morgan fingerprint density at radius 3 is 1.70 bits per heavy atom. The summed E-state index contributed by atoms with van der Waals surface area (Å²) in [6.07, 6.45) is 23.7. The number of hydrogen-bond acceptors (Lipinski definition) is 1. The lowest BCUT2D eigenvalue weighted by molar-refractivity contribution is 0.550. The average molecular weight is 282 g/mol. The van der Waals surface area contributed by atoms with Gasteiger partial charge in [0.05, 0.1) is 0 Å². The van der Waals surface area contributed by atoms with Gasteiger partial charge >= 0.3 is 0 Å². The van der Waals surface area contributed by atoms with E-state index in [0.29, 0.717) is 6.04 Å². The minimum Gasteiger partial charge on any atom is -0.327 e. The molecule has 20 heavy (non-hydrogen) atoms. The monoisotopic (exact) mass is 281 g/mol. The summed E-state index contributed by atoms with van der Waals surface area (Å²) in [4.78, 5) is 0. The quantitative estimate of drug-likeness (QED) is 0.274. The molecule has 0 fully saturated rings. The van der Waals surface area contributed by atoms with Crippen LogP contribution < -0.4 is 5.73 Å². The van der Waals surface area contributed by atoms with Gasteiger partial charge in [-0.15, -0.1) is 0 Å². The summed E-state index contributed by atoms with van der Waals surface area (Å²) in [5.74, 6) is 0. The summed E-state index contributed by atoms with van der Waals surface area (Å²) in [5, 5.41) is 0. The molecule has 0 radical (unpaired) electrons. The van der Waals surface area contributed by atoms with Crippen molar-refractivity contribution >= 4 is 0 Å². The van der Waals surface area contributed by atoms with Crippen molar-refractivity contribution in [3.8, 4) is 0 Å². The van der Waals surface area contributed by atoms with Crippen LogP contribution in [0.1, 0.15) is 104 Å². The first-order valence-electron chi connectivity index (χ1n) is 9.21. The summed E-state index contributed by atoms with van der Waals surface area (Å²) >= 11 is 0. The lowest BCUT2D eigenvalue weighted by Gasteiger charge is -2.03. The first-order chi connectivity index (χ1) is 9.81. The molecule has 0 aliphatic rings. The molecular formula is C19H39N. The third-order valence-electron chi connectivity index (χ3n) is 4.10. The maximum atomic E-state index is 5.87. The fraction of sp³-hybridized carbons (Fsp3) is 0.895. The van der Waals surface area contributed by atoms with Crippen LogP contribution in [0.5, 0.6) is 0 Å². The lowest BCUT2D eigenvalue weighted by atomic mass is 10.1. The van der Waals surface area contributed by atoms with Crippen LogP contribution in [0, 0.1) is 0 Å². The van der Waals surface area contributed by atoms with Crippen LogP contribution in [-0.2, 0) is 0 Å². The van der Waals surface area contributed by atoms with Crippen molar-refractivity contribution < 1.29 is 0 Å². The molecule has 0 aliphatic heterocycles. The summed E-state index contributed by atoms with van der Waals surface area (Å²) in [6, 6.07) is 0.364. The molecule has 1 heteroatoms. The van der Waals surface area contributed by atoms with E-state index in [0.717, 1.165) is 12.8 Å². The zero-order valence-electron chi connectivity index (χ0n) is 14.2. The largest absolute Gasteiger partial charge is 0.327 e. The highest BCUT2D eigenvalue weighted by Gasteiger charge is 1.94. The fourth-order valence-electron chi connectivity index (χ4n) is 2.48. The Labute approximate surface area is 128 Å². The summed E-state index contributed by atoms with van der Waals surface area (Å²) in [7, 11) is 0. The Balaban J connectivity index is 3.06. The van der Waals surface area contributed by atoms with Crippen LogP contribution in [-0.4, -0.2) is 6.04 Å². The molecule has 0 rings (SSSR count). The number of allylic oxidation sites excluding steroid dienone is 1. The lowest BCUT2D eigenvalue weighted by Crippen LogP contribution is -2.16. The van der Waals surface area contributed by atoms with E-state index in [1.807, 2.05) is 0 Å². The Kier molecular flexibility index (Phi) is 16.5. The second-order valence-corrected chi connectivity index (χ2v) is 6.20. The molecule has 2 N–H and O–H groups in total. The second kappa shape index (κ2) is 16.8. The zero-order valence-corrected chi connectivity index (χ0v) is 14.2. The average Bonchev–Trinajstić information content (AvgIpc) is 2.47. The Hall–Kier alpha value is -0.300. The molecule has 0 saturated heterocycles. The number of unbranched alkanes of at least 4 members (excludes halogenated alkanes) is 11. The maximum Gasteiger partial charge on any atom is 0.00707 e. The molecule has 0 bridgehead atoms. The molecule has 0 saturated carbocycles. The highest BCUT2D eigenvalue weighted by molar-refractivity contribution is 4.84. The normalized spacial score (nSPS) is 13.2. The van der Waals surface area contributed by atoms with E-state index in [1.165, 1.54) is 77.0 Å². The molecule has 0 amide bonds. The number of rotatable bonds is 15. The molecule has 0 aliphatic carbocycles. The van der Waals surface area contributed by atoms with Gasteiger partial charge in [-0.25, -0.2) is 0 Å². The first-order valence-corrected chi connectivity index (χ1v) is 9.21. The smallest absolute Gasteiger partial charge is 0.00707 e. The van der Waals surface area contributed by atoms with E-state index in [1.54, 1.807) is 0 Å². The summed E-state index contributed by atoms with van der Waals surface area (Å²) < 4.78 is 0. The minimum absolute atomic E-state index is 0.364. The predicted octanol–water partition coefficient (Wildman–Crippen LogP) is 6.37. The number of hydrogen-bond donors (Lipinski definition) is 1. The highest BCUT2D eigenvalue weighted by atomic mass is 14.6.